The minimum Gasteiger partial charge on any atom is -0.368 e. The summed E-state index contributed by atoms with van der Waals surface area (Å²) in [6.07, 6.45) is 5.32. The molecule has 3 aromatic rings. The van der Waals surface area contributed by atoms with Crippen LogP contribution in [0.15, 0.2) is 42.6 Å². The lowest BCUT2D eigenvalue weighted by Gasteiger charge is -2.39. The van der Waals surface area contributed by atoms with Crippen LogP contribution in [0.5, 0.6) is 0 Å². The molecule has 0 N–H and O–H groups in total. The Kier molecular flexibility index (Phi) is 5.01. The fourth-order valence-corrected chi connectivity index (χ4v) is 5.79. The van der Waals surface area contributed by atoms with Crippen LogP contribution in [-0.4, -0.2) is 54.6 Å². The molecular formula is C25H24Cl2N4O. The smallest absolute Gasteiger partial charge is 0.258 e. The van der Waals surface area contributed by atoms with Crippen LogP contribution in [0.1, 0.15) is 28.8 Å². The molecule has 6 rings (SSSR count). The van der Waals surface area contributed by atoms with Gasteiger partial charge in [-0.25, -0.2) is 0 Å². The lowest BCUT2D eigenvalue weighted by Crippen LogP contribution is -2.50. The van der Waals surface area contributed by atoms with Crippen LogP contribution in [-0.2, 0) is 6.42 Å². The molecule has 32 heavy (non-hydrogen) atoms. The molecule has 3 aliphatic rings. The quantitative estimate of drug-likeness (QED) is 0.530. The van der Waals surface area contributed by atoms with Crippen LogP contribution in [0, 0.1) is 0 Å². The van der Waals surface area contributed by atoms with Crippen LogP contribution in [0.2, 0.25) is 10.0 Å². The van der Waals surface area contributed by atoms with E-state index in [0.29, 0.717) is 28.2 Å². The first kappa shape index (κ1) is 20.3. The molecule has 1 aromatic heterocycles. The summed E-state index contributed by atoms with van der Waals surface area (Å²) in [4.78, 5) is 25.0. The highest BCUT2D eigenvalue weighted by Crippen LogP contribution is 2.37. The number of piperazine rings is 1. The van der Waals surface area contributed by atoms with Gasteiger partial charge in [-0.05, 0) is 67.8 Å². The van der Waals surface area contributed by atoms with E-state index in [1.165, 1.54) is 25.1 Å². The number of amides is 1. The highest BCUT2D eigenvalue weighted by atomic mass is 35.5. The molecule has 0 aliphatic carbocycles. The number of pyridine rings is 1. The fourth-order valence-electron chi connectivity index (χ4n) is 5.50. The average Bonchev–Trinajstić information content (AvgIpc) is 3.44. The van der Waals surface area contributed by atoms with Gasteiger partial charge < -0.3 is 9.80 Å². The van der Waals surface area contributed by atoms with E-state index in [2.05, 4.69) is 33.0 Å². The number of fused-ring (bicyclic) bond motifs is 3. The number of rotatable bonds is 2. The molecule has 0 spiro atoms. The van der Waals surface area contributed by atoms with Gasteiger partial charge in [-0.2, -0.15) is 0 Å². The van der Waals surface area contributed by atoms with Gasteiger partial charge in [0.25, 0.3) is 5.91 Å². The molecule has 1 amide bonds. The van der Waals surface area contributed by atoms with Crippen LogP contribution in [0.4, 0.5) is 11.4 Å². The normalized spacial score (nSPS) is 20.6. The summed E-state index contributed by atoms with van der Waals surface area (Å²) >= 11 is 12.2. The van der Waals surface area contributed by atoms with Crippen molar-refractivity contribution in [3.63, 3.8) is 0 Å². The lowest BCUT2D eigenvalue weighted by molar-refractivity contribution is 0.0989. The predicted octanol–water partition coefficient (Wildman–Crippen LogP) is 5.03. The summed E-state index contributed by atoms with van der Waals surface area (Å²) in [6.45, 7) is 5.08. The van der Waals surface area contributed by atoms with Gasteiger partial charge >= 0.3 is 0 Å². The summed E-state index contributed by atoms with van der Waals surface area (Å²) in [6, 6.07) is 12.2. The Balaban J connectivity index is 1.37. The van der Waals surface area contributed by atoms with E-state index in [4.69, 9.17) is 23.2 Å². The molecule has 0 saturated carbocycles. The van der Waals surface area contributed by atoms with Gasteiger partial charge in [-0.1, -0.05) is 23.2 Å². The maximum Gasteiger partial charge on any atom is 0.258 e. The maximum atomic E-state index is 13.3. The number of nitrogens with zero attached hydrogens (tertiary/aromatic N) is 4. The van der Waals surface area contributed by atoms with Crippen molar-refractivity contribution >= 4 is 51.4 Å². The van der Waals surface area contributed by atoms with Crippen molar-refractivity contribution in [2.24, 2.45) is 0 Å². The zero-order chi connectivity index (χ0) is 21.8. The second-order valence-corrected chi connectivity index (χ2v) is 9.76. The van der Waals surface area contributed by atoms with Gasteiger partial charge in [-0.15, -0.1) is 0 Å². The second-order valence-electron chi connectivity index (χ2n) is 8.94. The van der Waals surface area contributed by atoms with Crippen molar-refractivity contribution in [1.82, 2.24) is 9.88 Å². The first-order valence-corrected chi connectivity index (χ1v) is 12.0. The van der Waals surface area contributed by atoms with Crippen molar-refractivity contribution < 1.29 is 4.79 Å². The van der Waals surface area contributed by atoms with Gasteiger partial charge in [-0.3, -0.25) is 14.7 Å². The minimum atomic E-state index is -0.0494. The lowest BCUT2D eigenvalue weighted by atomic mass is 10.1. The molecule has 0 radical (unpaired) electrons. The van der Waals surface area contributed by atoms with Crippen molar-refractivity contribution in [2.75, 3.05) is 42.5 Å². The van der Waals surface area contributed by atoms with Gasteiger partial charge in [0.2, 0.25) is 0 Å². The number of anilines is 2. The van der Waals surface area contributed by atoms with Gasteiger partial charge in [0, 0.05) is 60.7 Å². The van der Waals surface area contributed by atoms with E-state index in [-0.39, 0.29) is 5.91 Å². The number of hydrogen-bond donors (Lipinski definition) is 0. The molecule has 2 fully saturated rings. The zero-order valence-corrected chi connectivity index (χ0v) is 19.2. The number of halogens is 2. The molecule has 0 bridgehead atoms. The van der Waals surface area contributed by atoms with Crippen molar-refractivity contribution in [3.05, 3.63) is 63.8 Å². The van der Waals surface area contributed by atoms with E-state index in [9.17, 15) is 4.79 Å². The molecule has 5 nitrogen and oxygen atoms in total. The van der Waals surface area contributed by atoms with E-state index in [1.807, 2.05) is 11.1 Å². The topological polar surface area (TPSA) is 39.7 Å². The Hall–Kier alpha value is -2.34. The third-order valence-corrected chi connectivity index (χ3v) is 7.89. The number of carbonyl (C=O) groups is 1. The Morgan fingerprint density at radius 2 is 1.88 bits per heavy atom. The molecular weight excluding hydrogens is 443 g/mol. The van der Waals surface area contributed by atoms with E-state index in [0.717, 1.165) is 48.2 Å². The summed E-state index contributed by atoms with van der Waals surface area (Å²) in [5, 5.41) is 1.97. The van der Waals surface area contributed by atoms with Crippen LogP contribution in [0.3, 0.4) is 0 Å². The zero-order valence-electron chi connectivity index (χ0n) is 17.7. The summed E-state index contributed by atoms with van der Waals surface area (Å²) in [7, 11) is 0. The third kappa shape index (κ3) is 3.35. The minimum absolute atomic E-state index is 0.0494. The largest absolute Gasteiger partial charge is 0.368 e. The summed E-state index contributed by atoms with van der Waals surface area (Å²) < 4.78 is 0. The van der Waals surface area contributed by atoms with Gasteiger partial charge in [0.1, 0.15) is 0 Å². The Bertz CT molecular complexity index is 1230. The van der Waals surface area contributed by atoms with Crippen molar-refractivity contribution in [2.45, 2.75) is 25.3 Å². The molecule has 4 heterocycles. The monoisotopic (exact) mass is 466 g/mol. The van der Waals surface area contributed by atoms with Gasteiger partial charge in [0.05, 0.1) is 15.6 Å². The second kappa shape index (κ2) is 7.91. The SMILES string of the molecule is O=C(c1ccc(Cl)c(Cl)c1)N1CCc2cc3nccc(N4CCN5CCC[C@H]5C4)c3cc21. The molecule has 164 valence electrons. The Morgan fingerprint density at radius 3 is 2.75 bits per heavy atom. The van der Waals surface area contributed by atoms with E-state index < -0.39 is 0 Å². The predicted molar refractivity (Wildman–Crippen MR) is 130 cm³/mol. The van der Waals surface area contributed by atoms with Crippen LogP contribution in [0.25, 0.3) is 10.9 Å². The summed E-state index contributed by atoms with van der Waals surface area (Å²) in [5.41, 5.74) is 4.91. The van der Waals surface area contributed by atoms with Gasteiger partial charge in [0.15, 0.2) is 0 Å². The molecule has 7 heteroatoms. The fraction of sp³-hybridized carbons (Fsp3) is 0.360. The van der Waals surface area contributed by atoms with Crippen LogP contribution < -0.4 is 9.80 Å². The number of hydrogen-bond acceptors (Lipinski definition) is 4. The average molecular weight is 467 g/mol. The Morgan fingerprint density at radius 1 is 0.969 bits per heavy atom. The number of aromatic nitrogens is 1. The van der Waals surface area contributed by atoms with Crippen molar-refractivity contribution in [1.29, 1.82) is 0 Å². The standard InChI is InChI=1S/C25H24Cl2N4O/c26-20-4-3-17(12-21(20)27)25(32)31-9-6-16-13-22-19(14-24(16)31)23(5-7-28-22)30-11-10-29-8-1-2-18(29)15-30/h3-5,7,12-14,18H,1-2,6,8-11,15H2/t18-/m0/s1. The molecule has 2 saturated heterocycles. The number of benzene rings is 2. The van der Waals surface area contributed by atoms with Crippen LogP contribution >= 0.6 is 23.2 Å². The highest BCUT2D eigenvalue weighted by molar-refractivity contribution is 6.42. The molecule has 2 aromatic carbocycles. The maximum absolute atomic E-state index is 13.3. The molecule has 0 unspecified atom stereocenters. The van der Waals surface area contributed by atoms with E-state index in [1.54, 1.807) is 18.2 Å². The first-order chi connectivity index (χ1) is 15.6. The molecule has 1 atom stereocenters. The summed E-state index contributed by atoms with van der Waals surface area (Å²) in [5.74, 6) is -0.0494. The van der Waals surface area contributed by atoms with E-state index >= 15 is 0 Å². The van der Waals surface area contributed by atoms with Crippen molar-refractivity contribution in [3.8, 4) is 0 Å². The first-order valence-electron chi connectivity index (χ1n) is 11.3. The number of carbonyl (C=O) groups excluding carboxylic acids is 1. The third-order valence-electron chi connectivity index (χ3n) is 7.15. The highest BCUT2D eigenvalue weighted by Gasteiger charge is 2.32. The molecule has 3 aliphatic heterocycles. The Labute approximate surface area is 197 Å².